The van der Waals surface area contributed by atoms with Gasteiger partial charge in [0.1, 0.15) is 0 Å². The van der Waals surface area contributed by atoms with E-state index in [1.807, 2.05) is 18.2 Å². The minimum atomic E-state index is 0.394. The van der Waals surface area contributed by atoms with Crippen LogP contribution in [0.5, 0.6) is 0 Å². The van der Waals surface area contributed by atoms with Crippen LogP contribution in [0, 0.1) is 5.92 Å². The summed E-state index contributed by atoms with van der Waals surface area (Å²) < 4.78 is 2.11. The maximum absolute atomic E-state index is 6.04. The Hall–Kier alpha value is -1.22. The summed E-state index contributed by atoms with van der Waals surface area (Å²) in [6.07, 6.45) is 3.90. The number of rotatable bonds is 3. The Bertz CT molecular complexity index is 557. The molecule has 3 rings (SSSR count). The maximum Gasteiger partial charge on any atom is 0.201 e. The molecule has 1 heterocycles. The molecule has 0 bridgehead atoms. The van der Waals surface area contributed by atoms with E-state index in [1.54, 1.807) is 0 Å². The molecule has 0 amide bonds. The number of fused-ring (bicyclic) bond motifs is 1. The number of imidazole rings is 1. The normalized spacial score (nSPS) is 17.5. The molecule has 3 nitrogen and oxygen atoms in total. The second-order valence-electron chi connectivity index (χ2n) is 5.00. The largest absolute Gasteiger partial charge is 0.369 e. The summed E-state index contributed by atoms with van der Waals surface area (Å²) in [5.41, 5.74) is 7.98. The molecule has 0 radical (unpaired) electrons. The first-order valence-corrected chi connectivity index (χ1v) is 6.46. The van der Waals surface area contributed by atoms with Gasteiger partial charge < -0.3 is 10.3 Å². The second-order valence-corrected chi connectivity index (χ2v) is 5.44. The molecule has 90 valence electrons. The van der Waals surface area contributed by atoms with Gasteiger partial charge in [-0.3, -0.25) is 0 Å². The van der Waals surface area contributed by atoms with Crippen molar-refractivity contribution in [1.82, 2.24) is 9.55 Å². The van der Waals surface area contributed by atoms with Crippen molar-refractivity contribution in [3.05, 3.63) is 23.2 Å². The summed E-state index contributed by atoms with van der Waals surface area (Å²) >= 11 is 6.04. The Balaban J connectivity index is 2.06. The zero-order valence-electron chi connectivity index (χ0n) is 9.86. The highest BCUT2D eigenvalue weighted by molar-refractivity contribution is 6.31. The molecule has 4 heteroatoms. The highest BCUT2D eigenvalue weighted by Crippen LogP contribution is 2.38. The molecule has 1 fully saturated rings. The SMILES string of the molecule is CC(CC1CC1)n1c(N)nc2ccc(Cl)cc21. The molecule has 1 aliphatic rings. The van der Waals surface area contributed by atoms with Gasteiger partial charge in [0.2, 0.25) is 5.95 Å². The Morgan fingerprint density at radius 3 is 3.00 bits per heavy atom. The molecule has 1 saturated carbocycles. The van der Waals surface area contributed by atoms with Gasteiger partial charge in [-0.15, -0.1) is 0 Å². The summed E-state index contributed by atoms with van der Waals surface area (Å²) in [4.78, 5) is 4.39. The first-order chi connectivity index (χ1) is 8.15. The van der Waals surface area contributed by atoms with Crippen LogP contribution in [0.3, 0.4) is 0 Å². The molecular weight excluding hydrogens is 234 g/mol. The fourth-order valence-corrected chi connectivity index (χ4v) is 2.66. The summed E-state index contributed by atoms with van der Waals surface area (Å²) in [6, 6.07) is 6.12. The van der Waals surface area contributed by atoms with E-state index in [4.69, 9.17) is 17.3 Å². The van der Waals surface area contributed by atoms with Crippen molar-refractivity contribution in [3.63, 3.8) is 0 Å². The first kappa shape index (κ1) is 10.9. The number of halogens is 1. The first-order valence-electron chi connectivity index (χ1n) is 6.08. The van der Waals surface area contributed by atoms with E-state index < -0.39 is 0 Å². The molecule has 17 heavy (non-hydrogen) atoms. The lowest BCUT2D eigenvalue weighted by Crippen LogP contribution is -2.09. The molecule has 0 saturated heterocycles. The maximum atomic E-state index is 6.04. The Kier molecular flexibility index (Phi) is 2.51. The second kappa shape index (κ2) is 3.91. The van der Waals surface area contributed by atoms with Crippen molar-refractivity contribution in [2.75, 3.05) is 5.73 Å². The predicted molar refractivity (Wildman–Crippen MR) is 71.2 cm³/mol. The number of nitrogens with zero attached hydrogens (tertiary/aromatic N) is 2. The van der Waals surface area contributed by atoms with Crippen molar-refractivity contribution in [3.8, 4) is 0 Å². The van der Waals surface area contributed by atoms with Crippen LogP contribution < -0.4 is 5.73 Å². The molecule has 1 aromatic heterocycles. The monoisotopic (exact) mass is 249 g/mol. The number of nitrogens with two attached hydrogens (primary N) is 1. The predicted octanol–water partition coefficient (Wildman–Crippen LogP) is 3.63. The Morgan fingerprint density at radius 2 is 2.29 bits per heavy atom. The lowest BCUT2D eigenvalue weighted by atomic mass is 10.1. The van der Waals surface area contributed by atoms with Crippen molar-refractivity contribution >= 4 is 28.6 Å². The summed E-state index contributed by atoms with van der Waals surface area (Å²) in [5, 5.41) is 0.734. The minimum Gasteiger partial charge on any atom is -0.369 e. The lowest BCUT2D eigenvalue weighted by molar-refractivity contribution is 0.492. The molecule has 0 spiro atoms. The molecule has 1 atom stereocenters. The fourth-order valence-electron chi connectivity index (χ4n) is 2.49. The number of hydrogen-bond donors (Lipinski definition) is 1. The summed E-state index contributed by atoms with van der Waals surface area (Å²) in [6.45, 7) is 2.21. The van der Waals surface area contributed by atoms with E-state index in [9.17, 15) is 0 Å². The van der Waals surface area contributed by atoms with E-state index in [-0.39, 0.29) is 0 Å². The van der Waals surface area contributed by atoms with Crippen LogP contribution in [0.1, 0.15) is 32.2 Å². The van der Waals surface area contributed by atoms with Crippen molar-refractivity contribution in [2.45, 2.75) is 32.2 Å². The van der Waals surface area contributed by atoms with Gasteiger partial charge in [0.05, 0.1) is 11.0 Å². The van der Waals surface area contributed by atoms with Gasteiger partial charge in [-0.2, -0.15) is 0 Å². The quantitative estimate of drug-likeness (QED) is 0.903. The van der Waals surface area contributed by atoms with E-state index >= 15 is 0 Å². The number of nitrogen functional groups attached to an aromatic ring is 1. The van der Waals surface area contributed by atoms with E-state index in [0.29, 0.717) is 12.0 Å². The number of anilines is 1. The number of hydrogen-bond acceptors (Lipinski definition) is 2. The van der Waals surface area contributed by atoms with Gasteiger partial charge >= 0.3 is 0 Å². The smallest absolute Gasteiger partial charge is 0.201 e. The molecule has 1 aliphatic carbocycles. The molecule has 1 unspecified atom stereocenters. The van der Waals surface area contributed by atoms with Crippen LogP contribution in [0.25, 0.3) is 11.0 Å². The fraction of sp³-hybridized carbons (Fsp3) is 0.462. The summed E-state index contributed by atoms with van der Waals surface area (Å²) in [5.74, 6) is 1.47. The zero-order chi connectivity index (χ0) is 12.0. The zero-order valence-corrected chi connectivity index (χ0v) is 10.6. The van der Waals surface area contributed by atoms with Gasteiger partial charge in [-0.05, 0) is 37.5 Å². The third-order valence-corrected chi connectivity index (χ3v) is 3.73. The highest BCUT2D eigenvalue weighted by atomic mass is 35.5. The molecule has 0 aliphatic heterocycles. The molecule has 1 aromatic carbocycles. The van der Waals surface area contributed by atoms with Crippen LogP contribution in [-0.4, -0.2) is 9.55 Å². The van der Waals surface area contributed by atoms with Crippen LogP contribution >= 0.6 is 11.6 Å². The van der Waals surface area contributed by atoms with Crippen LogP contribution in [0.4, 0.5) is 5.95 Å². The van der Waals surface area contributed by atoms with Crippen molar-refractivity contribution in [2.24, 2.45) is 5.92 Å². The third kappa shape index (κ3) is 2.00. The standard InChI is InChI=1S/C13H16ClN3/c1-8(6-9-2-3-9)17-12-7-10(14)4-5-11(12)16-13(17)15/h4-5,7-9H,2-3,6H2,1H3,(H2,15,16). The van der Waals surface area contributed by atoms with Crippen LogP contribution in [-0.2, 0) is 0 Å². The van der Waals surface area contributed by atoms with Crippen molar-refractivity contribution < 1.29 is 0 Å². The van der Waals surface area contributed by atoms with Crippen molar-refractivity contribution in [1.29, 1.82) is 0 Å². The molecule has 2 aromatic rings. The van der Waals surface area contributed by atoms with E-state index in [1.165, 1.54) is 19.3 Å². The van der Waals surface area contributed by atoms with Gasteiger partial charge in [-0.25, -0.2) is 4.98 Å². The third-order valence-electron chi connectivity index (χ3n) is 3.49. The van der Waals surface area contributed by atoms with E-state index in [2.05, 4.69) is 16.5 Å². The highest BCUT2D eigenvalue weighted by Gasteiger charge is 2.25. The van der Waals surface area contributed by atoms with E-state index in [0.717, 1.165) is 22.0 Å². The minimum absolute atomic E-state index is 0.394. The van der Waals surface area contributed by atoms with Gasteiger partial charge in [0.25, 0.3) is 0 Å². The Morgan fingerprint density at radius 1 is 1.53 bits per heavy atom. The average Bonchev–Trinajstić information content (AvgIpc) is 3.00. The number of aromatic nitrogens is 2. The topological polar surface area (TPSA) is 43.8 Å². The lowest BCUT2D eigenvalue weighted by Gasteiger charge is -2.15. The van der Waals surface area contributed by atoms with Crippen LogP contribution in [0.15, 0.2) is 18.2 Å². The van der Waals surface area contributed by atoms with Crippen LogP contribution in [0.2, 0.25) is 5.02 Å². The number of benzene rings is 1. The average molecular weight is 250 g/mol. The summed E-state index contributed by atoms with van der Waals surface area (Å²) in [7, 11) is 0. The van der Waals surface area contributed by atoms with Gasteiger partial charge in [0.15, 0.2) is 0 Å². The van der Waals surface area contributed by atoms with Gasteiger partial charge in [0, 0.05) is 11.1 Å². The molecular formula is C13H16ClN3. The Labute approximate surface area is 106 Å². The van der Waals surface area contributed by atoms with Gasteiger partial charge in [-0.1, -0.05) is 24.4 Å². The molecule has 2 N–H and O–H groups in total.